The van der Waals surface area contributed by atoms with E-state index in [1.165, 1.54) is 11.3 Å². The van der Waals surface area contributed by atoms with E-state index in [0.717, 1.165) is 11.4 Å². The molecule has 1 amide bonds. The largest absolute Gasteiger partial charge is 0.375 e. The van der Waals surface area contributed by atoms with E-state index in [1.54, 1.807) is 0 Å². The second kappa shape index (κ2) is 7.19. The van der Waals surface area contributed by atoms with Crippen LogP contribution in [0.2, 0.25) is 0 Å². The Hall–Kier alpha value is -0.690. The zero-order chi connectivity index (χ0) is 13.1. The van der Waals surface area contributed by atoms with E-state index in [1.807, 2.05) is 24.1 Å². The molecule has 5 nitrogen and oxygen atoms in total. The molecule has 0 aliphatic carbocycles. The van der Waals surface area contributed by atoms with Gasteiger partial charge in [0.2, 0.25) is 0 Å². The lowest BCUT2D eigenvalue weighted by atomic mass is 10.1. The Morgan fingerprint density at radius 3 is 3.05 bits per heavy atom. The van der Waals surface area contributed by atoms with Crippen molar-refractivity contribution in [2.24, 2.45) is 5.73 Å². The van der Waals surface area contributed by atoms with E-state index in [0.29, 0.717) is 25.4 Å². The number of hydrogen-bond acceptors (Lipinski definition) is 5. The quantitative estimate of drug-likeness (QED) is 0.914. The van der Waals surface area contributed by atoms with Gasteiger partial charge in [0.15, 0.2) is 0 Å². The monoisotopic (exact) mass is 305 g/mol. The predicted molar refractivity (Wildman–Crippen MR) is 78.0 cm³/mol. The predicted octanol–water partition coefficient (Wildman–Crippen LogP) is 1.32. The smallest absolute Gasteiger partial charge is 0.273 e. The van der Waals surface area contributed by atoms with Crippen LogP contribution in [0.15, 0.2) is 5.38 Å². The molecule has 0 aromatic carbocycles. The van der Waals surface area contributed by atoms with Gasteiger partial charge in [-0.3, -0.25) is 4.79 Å². The summed E-state index contributed by atoms with van der Waals surface area (Å²) in [6.07, 6.45) is 0.803. The molecule has 1 saturated heterocycles. The summed E-state index contributed by atoms with van der Waals surface area (Å²) in [4.78, 5) is 18.5. The van der Waals surface area contributed by atoms with E-state index in [2.05, 4.69) is 4.98 Å². The van der Waals surface area contributed by atoms with Crippen molar-refractivity contribution in [2.75, 3.05) is 19.7 Å². The number of morpholine rings is 1. The molecule has 7 heteroatoms. The first-order chi connectivity index (χ1) is 8.63. The van der Waals surface area contributed by atoms with Crippen LogP contribution in [0, 0.1) is 0 Å². The van der Waals surface area contributed by atoms with Crippen molar-refractivity contribution in [3.8, 4) is 0 Å². The summed E-state index contributed by atoms with van der Waals surface area (Å²) in [5, 5.41) is 2.75. The van der Waals surface area contributed by atoms with E-state index in [9.17, 15) is 4.79 Å². The zero-order valence-corrected chi connectivity index (χ0v) is 12.8. The number of hydrogen-bond donors (Lipinski definition) is 1. The average Bonchev–Trinajstić information content (AvgIpc) is 2.81. The first-order valence-corrected chi connectivity index (χ1v) is 7.08. The number of carbonyl (C=O) groups is 1. The first kappa shape index (κ1) is 16.4. The lowest BCUT2D eigenvalue weighted by molar-refractivity contribution is -0.0442. The van der Waals surface area contributed by atoms with Crippen LogP contribution in [0.1, 0.15) is 29.3 Å². The molecular formula is C12H20ClN3O2S. The summed E-state index contributed by atoms with van der Waals surface area (Å²) in [6.45, 7) is 5.79. The van der Waals surface area contributed by atoms with Crippen LogP contribution in [-0.2, 0) is 11.2 Å². The molecule has 2 atom stereocenters. The molecule has 108 valence electrons. The number of nitrogens with two attached hydrogens (primary N) is 1. The van der Waals surface area contributed by atoms with Crippen LogP contribution in [-0.4, -0.2) is 47.6 Å². The lowest BCUT2D eigenvalue weighted by Gasteiger charge is -2.37. The second-order valence-electron chi connectivity index (χ2n) is 4.48. The summed E-state index contributed by atoms with van der Waals surface area (Å²) in [6, 6.07) is 0.0888. The highest BCUT2D eigenvalue weighted by Gasteiger charge is 2.30. The maximum absolute atomic E-state index is 12.4. The minimum atomic E-state index is -0.00262. The molecule has 0 spiro atoms. The lowest BCUT2D eigenvalue weighted by Crippen LogP contribution is -2.51. The van der Waals surface area contributed by atoms with Crippen molar-refractivity contribution in [3.63, 3.8) is 0 Å². The molecule has 0 bridgehead atoms. The molecule has 0 radical (unpaired) electrons. The molecule has 19 heavy (non-hydrogen) atoms. The minimum absolute atomic E-state index is 0. The van der Waals surface area contributed by atoms with E-state index < -0.39 is 0 Å². The number of thiazole rings is 1. The molecule has 1 aromatic rings. The highest BCUT2D eigenvalue weighted by atomic mass is 35.5. The standard InChI is InChI=1S/C12H19N3O2S.ClH/c1-8-9(2)17-6-5-15(8)12(16)10-7-18-11(14-10)3-4-13;/h7-9H,3-6,13H2,1-2H3;1H. The van der Waals surface area contributed by atoms with Crippen LogP contribution in [0.3, 0.4) is 0 Å². The number of rotatable bonds is 3. The summed E-state index contributed by atoms with van der Waals surface area (Å²) < 4.78 is 5.52. The van der Waals surface area contributed by atoms with Crippen LogP contribution < -0.4 is 5.73 Å². The third-order valence-electron chi connectivity index (χ3n) is 3.27. The van der Waals surface area contributed by atoms with Gasteiger partial charge in [0.05, 0.1) is 23.8 Å². The van der Waals surface area contributed by atoms with Crippen molar-refractivity contribution < 1.29 is 9.53 Å². The van der Waals surface area contributed by atoms with Gasteiger partial charge >= 0.3 is 0 Å². The summed E-state index contributed by atoms with van der Waals surface area (Å²) in [5.74, 6) is -0.00262. The third-order valence-corrected chi connectivity index (χ3v) is 4.18. The number of ether oxygens (including phenoxy) is 1. The Balaban J connectivity index is 0.00000180. The first-order valence-electron chi connectivity index (χ1n) is 6.20. The van der Waals surface area contributed by atoms with Gasteiger partial charge in [0, 0.05) is 18.3 Å². The Kier molecular flexibility index (Phi) is 6.19. The SMILES string of the molecule is CC1OCCN(C(=O)c2csc(CCN)n2)C1C.Cl. The summed E-state index contributed by atoms with van der Waals surface area (Å²) in [5.41, 5.74) is 6.02. The molecule has 1 fully saturated rings. The van der Waals surface area contributed by atoms with Crippen molar-refractivity contribution in [3.05, 3.63) is 16.1 Å². The molecule has 1 aromatic heterocycles. The minimum Gasteiger partial charge on any atom is -0.375 e. The van der Waals surface area contributed by atoms with Crippen molar-refractivity contribution in [1.82, 2.24) is 9.88 Å². The van der Waals surface area contributed by atoms with Gasteiger partial charge in [-0.15, -0.1) is 23.7 Å². The van der Waals surface area contributed by atoms with Crippen LogP contribution >= 0.6 is 23.7 Å². The number of halogens is 1. The molecule has 2 rings (SSSR count). The fraction of sp³-hybridized carbons (Fsp3) is 0.667. The maximum Gasteiger partial charge on any atom is 0.273 e. The second-order valence-corrected chi connectivity index (χ2v) is 5.42. The Morgan fingerprint density at radius 2 is 2.37 bits per heavy atom. The number of aromatic nitrogens is 1. The topological polar surface area (TPSA) is 68.5 Å². The van der Waals surface area contributed by atoms with Crippen LogP contribution in [0.5, 0.6) is 0 Å². The van der Waals surface area contributed by atoms with Gasteiger partial charge in [0.25, 0.3) is 5.91 Å². The van der Waals surface area contributed by atoms with Crippen molar-refractivity contribution >= 4 is 29.7 Å². The van der Waals surface area contributed by atoms with Crippen molar-refractivity contribution in [1.29, 1.82) is 0 Å². The molecule has 2 heterocycles. The normalized spacial score (nSPS) is 23.0. The van der Waals surface area contributed by atoms with Gasteiger partial charge in [-0.25, -0.2) is 4.98 Å². The van der Waals surface area contributed by atoms with E-state index >= 15 is 0 Å². The molecule has 0 saturated carbocycles. The molecule has 1 aliphatic rings. The average molecular weight is 306 g/mol. The Bertz CT molecular complexity index is 427. The number of nitrogens with zero attached hydrogens (tertiary/aromatic N) is 2. The highest BCUT2D eigenvalue weighted by Crippen LogP contribution is 2.18. The molecular weight excluding hydrogens is 286 g/mol. The maximum atomic E-state index is 12.4. The van der Waals surface area contributed by atoms with Gasteiger partial charge in [-0.2, -0.15) is 0 Å². The fourth-order valence-corrected chi connectivity index (χ4v) is 2.80. The van der Waals surface area contributed by atoms with Crippen molar-refractivity contribution in [2.45, 2.75) is 32.4 Å². The number of carbonyl (C=O) groups excluding carboxylic acids is 1. The van der Waals surface area contributed by atoms with Gasteiger partial charge in [0.1, 0.15) is 5.69 Å². The molecule has 2 N–H and O–H groups in total. The summed E-state index contributed by atoms with van der Waals surface area (Å²) in [7, 11) is 0. The van der Waals surface area contributed by atoms with E-state index in [-0.39, 0.29) is 30.5 Å². The van der Waals surface area contributed by atoms with Crippen LogP contribution in [0.4, 0.5) is 0 Å². The molecule has 2 unspecified atom stereocenters. The van der Waals surface area contributed by atoms with Gasteiger partial charge < -0.3 is 15.4 Å². The number of amides is 1. The highest BCUT2D eigenvalue weighted by molar-refractivity contribution is 7.09. The Morgan fingerprint density at radius 1 is 1.63 bits per heavy atom. The van der Waals surface area contributed by atoms with Gasteiger partial charge in [-0.05, 0) is 20.4 Å². The van der Waals surface area contributed by atoms with Gasteiger partial charge in [-0.1, -0.05) is 0 Å². The Labute approximate surface area is 123 Å². The summed E-state index contributed by atoms with van der Waals surface area (Å²) >= 11 is 1.50. The van der Waals surface area contributed by atoms with Crippen LogP contribution in [0.25, 0.3) is 0 Å². The van der Waals surface area contributed by atoms with E-state index in [4.69, 9.17) is 10.5 Å². The fourth-order valence-electron chi connectivity index (χ4n) is 2.01. The third kappa shape index (κ3) is 3.66. The zero-order valence-electron chi connectivity index (χ0n) is 11.2. The molecule has 1 aliphatic heterocycles.